The third-order valence-electron chi connectivity index (χ3n) is 4.37. The number of nitrogens with one attached hydrogen (secondary N) is 2. The lowest BCUT2D eigenvalue weighted by Crippen LogP contribution is -2.15. The van der Waals surface area contributed by atoms with E-state index in [4.69, 9.17) is 4.74 Å². The van der Waals surface area contributed by atoms with E-state index in [-0.39, 0.29) is 11.5 Å². The molecule has 0 bridgehead atoms. The van der Waals surface area contributed by atoms with Gasteiger partial charge < -0.3 is 15.4 Å². The van der Waals surface area contributed by atoms with Crippen LogP contribution in [0.4, 0.5) is 15.8 Å². The van der Waals surface area contributed by atoms with Crippen LogP contribution >= 0.6 is 0 Å². The molecule has 0 aliphatic heterocycles. The van der Waals surface area contributed by atoms with E-state index >= 15 is 0 Å². The molecule has 3 aromatic carbocycles. The Labute approximate surface area is 168 Å². The largest absolute Gasteiger partial charge is 0.495 e. The SMILES string of the molecule is COc1ccc(NC(C)=O)cc1NC(=O)c1ccc(-c2ccc(C)cc2)cc1F. The maximum absolute atomic E-state index is 14.7. The highest BCUT2D eigenvalue weighted by Crippen LogP contribution is 2.29. The van der Waals surface area contributed by atoms with Gasteiger partial charge in [0.1, 0.15) is 11.6 Å². The number of carbonyl (C=O) groups is 2. The van der Waals surface area contributed by atoms with Gasteiger partial charge in [0.15, 0.2) is 0 Å². The van der Waals surface area contributed by atoms with Gasteiger partial charge in [0.2, 0.25) is 5.91 Å². The minimum absolute atomic E-state index is 0.0900. The number of rotatable bonds is 5. The van der Waals surface area contributed by atoms with Gasteiger partial charge in [-0.3, -0.25) is 9.59 Å². The molecule has 0 spiro atoms. The van der Waals surface area contributed by atoms with Gasteiger partial charge >= 0.3 is 0 Å². The normalized spacial score (nSPS) is 10.3. The molecule has 0 atom stereocenters. The molecule has 3 rings (SSSR count). The molecule has 0 aliphatic rings. The summed E-state index contributed by atoms with van der Waals surface area (Å²) >= 11 is 0. The van der Waals surface area contributed by atoms with Crippen LogP contribution in [0, 0.1) is 12.7 Å². The Morgan fingerprint density at radius 2 is 1.59 bits per heavy atom. The lowest BCUT2D eigenvalue weighted by molar-refractivity contribution is -0.114. The third-order valence-corrected chi connectivity index (χ3v) is 4.37. The highest BCUT2D eigenvalue weighted by molar-refractivity contribution is 6.06. The second-order valence-corrected chi connectivity index (χ2v) is 6.61. The summed E-state index contributed by atoms with van der Waals surface area (Å²) in [6.45, 7) is 3.36. The van der Waals surface area contributed by atoms with Crippen molar-refractivity contribution in [1.82, 2.24) is 0 Å². The second-order valence-electron chi connectivity index (χ2n) is 6.61. The van der Waals surface area contributed by atoms with E-state index in [1.165, 1.54) is 26.2 Å². The van der Waals surface area contributed by atoms with Crippen molar-refractivity contribution in [3.63, 3.8) is 0 Å². The van der Waals surface area contributed by atoms with Crippen LogP contribution in [0.15, 0.2) is 60.7 Å². The summed E-state index contributed by atoms with van der Waals surface area (Å²) in [6, 6.07) is 17.0. The predicted molar refractivity (Wildman–Crippen MR) is 112 cm³/mol. The van der Waals surface area contributed by atoms with Crippen molar-refractivity contribution in [2.75, 3.05) is 17.7 Å². The number of benzene rings is 3. The van der Waals surface area contributed by atoms with Gasteiger partial charge in [0, 0.05) is 12.6 Å². The van der Waals surface area contributed by atoms with Crippen molar-refractivity contribution in [3.05, 3.63) is 77.6 Å². The monoisotopic (exact) mass is 392 g/mol. The maximum Gasteiger partial charge on any atom is 0.258 e. The first-order valence-corrected chi connectivity index (χ1v) is 9.01. The molecule has 0 saturated heterocycles. The highest BCUT2D eigenvalue weighted by atomic mass is 19.1. The van der Waals surface area contributed by atoms with Gasteiger partial charge in [-0.2, -0.15) is 0 Å². The average Bonchev–Trinajstić information content (AvgIpc) is 2.68. The minimum Gasteiger partial charge on any atom is -0.495 e. The number of aryl methyl sites for hydroxylation is 1. The fourth-order valence-corrected chi connectivity index (χ4v) is 2.90. The first-order valence-electron chi connectivity index (χ1n) is 9.01. The fourth-order valence-electron chi connectivity index (χ4n) is 2.90. The molecule has 0 aliphatic carbocycles. The molecule has 2 N–H and O–H groups in total. The molecule has 2 amide bonds. The van der Waals surface area contributed by atoms with Gasteiger partial charge in [-0.25, -0.2) is 4.39 Å². The van der Waals surface area contributed by atoms with E-state index in [9.17, 15) is 14.0 Å². The molecule has 0 fully saturated rings. The van der Waals surface area contributed by atoms with E-state index in [0.29, 0.717) is 22.7 Å². The zero-order valence-corrected chi connectivity index (χ0v) is 16.4. The first kappa shape index (κ1) is 20.1. The van der Waals surface area contributed by atoms with Crippen molar-refractivity contribution in [2.24, 2.45) is 0 Å². The molecule has 0 heterocycles. The second kappa shape index (κ2) is 8.56. The number of amides is 2. The predicted octanol–water partition coefficient (Wildman–Crippen LogP) is 5.02. The van der Waals surface area contributed by atoms with E-state index in [2.05, 4.69) is 10.6 Å². The summed E-state index contributed by atoms with van der Waals surface area (Å²) in [6.07, 6.45) is 0. The van der Waals surface area contributed by atoms with Crippen LogP contribution < -0.4 is 15.4 Å². The van der Waals surface area contributed by atoms with Gasteiger partial charge in [0.05, 0.1) is 18.4 Å². The maximum atomic E-state index is 14.7. The van der Waals surface area contributed by atoms with Crippen LogP contribution in [0.5, 0.6) is 5.75 Å². The smallest absolute Gasteiger partial charge is 0.258 e. The first-order chi connectivity index (χ1) is 13.9. The number of halogens is 1. The fraction of sp³-hybridized carbons (Fsp3) is 0.130. The molecule has 148 valence electrons. The van der Waals surface area contributed by atoms with Crippen molar-refractivity contribution in [1.29, 1.82) is 0 Å². The Bertz CT molecular complexity index is 1060. The number of hydrogen-bond donors (Lipinski definition) is 2. The number of methoxy groups -OCH3 is 1. The lowest BCUT2D eigenvalue weighted by atomic mass is 10.0. The summed E-state index contributed by atoms with van der Waals surface area (Å²) in [5.74, 6) is -1.09. The molecule has 5 nitrogen and oxygen atoms in total. The molecular weight excluding hydrogens is 371 g/mol. The molecule has 0 saturated carbocycles. The summed E-state index contributed by atoms with van der Waals surface area (Å²) in [4.78, 5) is 23.9. The van der Waals surface area contributed by atoms with Gasteiger partial charge in [-0.05, 0) is 48.4 Å². The topological polar surface area (TPSA) is 67.4 Å². The van der Waals surface area contributed by atoms with Crippen molar-refractivity contribution in [3.8, 4) is 16.9 Å². The van der Waals surface area contributed by atoms with Gasteiger partial charge in [-0.1, -0.05) is 35.9 Å². The van der Waals surface area contributed by atoms with Crippen LogP contribution in [0.2, 0.25) is 0 Å². The summed E-state index contributed by atoms with van der Waals surface area (Å²) in [7, 11) is 1.46. The Morgan fingerprint density at radius 3 is 2.21 bits per heavy atom. The zero-order chi connectivity index (χ0) is 21.0. The number of ether oxygens (including phenoxy) is 1. The van der Waals surface area contributed by atoms with E-state index in [1.807, 2.05) is 31.2 Å². The molecule has 0 aromatic heterocycles. The Balaban J connectivity index is 1.85. The van der Waals surface area contributed by atoms with E-state index < -0.39 is 11.7 Å². The molecular formula is C23H21FN2O3. The van der Waals surface area contributed by atoms with Gasteiger partial charge in [0.25, 0.3) is 5.91 Å². The van der Waals surface area contributed by atoms with E-state index in [1.54, 1.807) is 24.3 Å². The number of hydrogen-bond acceptors (Lipinski definition) is 3. The Kier molecular flexibility index (Phi) is 5.93. The van der Waals surface area contributed by atoms with Crippen LogP contribution in [-0.4, -0.2) is 18.9 Å². The number of carbonyl (C=O) groups excluding carboxylic acids is 2. The van der Waals surface area contributed by atoms with Gasteiger partial charge in [-0.15, -0.1) is 0 Å². The molecule has 0 radical (unpaired) electrons. The van der Waals surface area contributed by atoms with Crippen LogP contribution in [0.3, 0.4) is 0 Å². The summed E-state index contributed by atoms with van der Waals surface area (Å²) in [5.41, 5.74) is 3.39. The van der Waals surface area contributed by atoms with Crippen LogP contribution in [-0.2, 0) is 4.79 Å². The molecule has 0 unspecified atom stereocenters. The standard InChI is InChI=1S/C23H21FN2O3/c1-14-4-6-16(7-5-14)17-8-10-19(20(24)12-17)23(28)26-21-13-18(25-15(2)27)9-11-22(21)29-3/h4-13H,1-3H3,(H,25,27)(H,26,28). The van der Waals surface area contributed by atoms with Crippen molar-refractivity contribution >= 4 is 23.2 Å². The third kappa shape index (κ3) is 4.79. The molecule has 6 heteroatoms. The van der Waals surface area contributed by atoms with E-state index in [0.717, 1.165) is 11.1 Å². The lowest BCUT2D eigenvalue weighted by Gasteiger charge is -2.13. The Hall–Kier alpha value is -3.67. The highest BCUT2D eigenvalue weighted by Gasteiger charge is 2.16. The minimum atomic E-state index is -0.627. The average molecular weight is 392 g/mol. The van der Waals surface area contributed by atoms with Crippen LogP contribution in [0.1, 0.15) is 22.8 Å². The van der Waals surface area contributed by atoms with Crippen molar-refractivity contribution < 1.29 is 18.7 Å². The molecule has 29 heavy (non-hydrogen) atoms. The quantitative estimate of drug-likeness (QED) is 0.641. The number of anilines is 2. The molecule has 3 aromatic rings. The van der Waals surface area contributed by atoms with Crippen molar-refractivity contribution in [2.45, 2.75) is 13.8 Å². The summed E-state index contributed by atoms with van der Waals surface area (Å²) in [5, 5.41) is 5.27. The Morgan fingerprint density at radius 1 is 0.897 bits per heavy atom. The zero-order valence-electron chi connectivity index (χ0n) is 16.4. The van der Waals surface area contributed by atoms with Crippen LogP contribution in [0.25, 0.3) is 11.1 Å². The summed E-state index contributed by atoms with van der Waals surface area (Å²) < 4.78 is 19.9.